The van der Waals surface area contributed by atoms with Crippen LogP contribution in [0.2, 0.25) is 10.0 Å². The summed E-state index contributed by atoms with van der Waals surface area (Å²) in [6.07, 6.45) is 0. The molecule has 0 spiro atoms. The number of likely N-dealkylation sites (N-methyl/N-ethyl adjacent to an activating group) is 1. The molecule has 2 aromatic rings. The van der Waals surface area contributed by atoms with Gasteiger partial charge in [0.1, 0.15) is 5.82 Å². The van der Waals surface area contributed by atoms with Crippen LogP contribution in [-0.4, -0.2) is 42.1 Å². The fourth-order valence-corrected chi connectivity index (χ4v) is 4.15. The molecule has 0 aliphatic carbocycles. The standard InChI is InChI=1S/C20H21Cl2FN2O2/c1-3-24(4-2)8-9-25-17-12-14(21)11-16(22)18(17)20(27,19(25)26)13-6-5-7-15(23)10-13/h5-7,10-12,27H,3-4,8-9H2,1-2H3. The smallest absolute Gasteiger partial charge is 0.268 e. The predicted octanol–water partition coefficient (Wildman–Crippen LogP) is 4.06. The number of benzene rings is 2. The van der Waals surface area contributed by atoms with E-state index in [0.29, 0.717) is 23.8 Å². The zero-order chi connectivity index (χ0) is 19.8. The van der Waals surface area contributed by atoms with Crippen LogP contribution >= 0.6 is 23.2 Å². The Kier molecular flexibility index (Phi) is 5.77. The molecular weight excluding hydrogens is 390 g/mol. The summed E-state index contributed by atoms with van der Waals surface area (Å²) >= 11 is 12.5. The first-order valence-corrected chi connectivity index (χ1v) is 9.60. The van der Waals surface area contributed by atoms with Crippen molar-refractivity contribution in [2.45, 2.75) is 19.4 Å². The summed E-state index contributed by atoms with van der Waals surface area (Å²) in [6, 6.07) is 8.48. The summed E-state index contributed by atoms with van der Waals surface area (Å²) in [5, 5.41) is 12.0. The minimum Gasteiger partial charge on any atom is -0.372 e. The fraction of sp³-hybridized carbons (Fsp3) is 0.350. The molecule has 144 valence electrons. The average Bonchev–Trinajstić information content (AvgIpc) is 2.85. The molecule has 7 heteroatoms. The Hall–Kier alpha value is -1.66. The molecule has 1 unspecified atom stereocenters. The minimum atomic E-state index is -2.05. The molecule has 0 radical (unpaired) electrons. The molecule has 3 rings (SSSR count). The first-order valence-electron chi connectivity index (χ1n) is 8.85. The summed E-state index contributed by atoms with van der Waals surface area (Å²) in [5.41, 5.74) is -1.22. The van der Waals surface area contributed by atoms with Crippen molar-refractivity contribution in [2.24, 2.45) is 0 Å². The van der Waals surface area contributed by atoms with E-state index in [4.69, 9.17) is 23.2 Å². The van der Waals surface area contributed by atoms with Crippen LogP contribution in [0.4, 0.5) is 10.1 Å². The number of hydrogen-bond donors (Lipinski definition) is 1. The van der Waals surface area contributed by atoms with Gasteiger partial charge >= 0.3 is 0 Å². The van der Waals surface area contributed by atoms with Crippen molar-refractivity contribution in [3.63, 3.8) is 0 Å². The molecule has 1 aliphatic heterocycles. The van der Waals surface area contributed by atoms with Gasteiger partial charge in [0.15, 0.2) is 5.60 Å². The topological polar surface area (TPSA) is 43.8 Å². The highest BCUT2D eigenvalue weighted by Gasteiger charge is 2.52. The van der Waals surface area contributed by atoms with Crippen LogP contribution in [0.25, 0.3) is 0 Å². The van der Waals surface area contributed by atoms with Gasteiger partial charge in [0.2, 0.25) is 0 Å². The summed E-state index contributed by atoms with van der Waals surface area (Å²) in [6.45, 7) is 6.76. The highest BCUT2D eigenvalue weighted by atomic mass is 35.5. The number of anilines is 1. The van der Waals surface area contributed by atoms with Crippen LogP contribution < -0.4 is 4.90 Å². The second-order valence-corrected chi connectivity index (χ2v) is 7.33. The molecule has 0 saturated heterocycles. The zero-order valence-electron chi connectivity index (χ0n) is 15.2. The van der Waals surface area contributed by atoms with Crippen molar-refractivity contribution >= 4 is 34.8 Å². The first kappa shape index (κ1) is 20.1. The van der Waals surface area contributed by atoms with E-state index >= 15 is 0 Å². The van der Waals surface area contributed by atoms with Gasteiger partial charge in [0.25, 0.3) is 5.91 Å². The highest BCUT2D eigenvalue weighted by Crippen LogP contribution is 2.49. The van der Waals surface area contributed by atoms with Crippen molar-refractivity contribution in [3.05, 3.63) is 63.4 Å². The third kappa shape index (κ3) is 3.45. The maximum Gasteiger partial charge on any atom is 0.268 e. The SMILES string of the molecule is CCN(CC)CCN1C(=O)C(O)(c2cccc(F)c2)c2c(Cl)cc(Cl)cc21. The van der Waals surface area contributed by atoms with E-state index in [-0.39, 0.29) is 16.1 Å². The van der Waals surface area contributed by atoms with E-state index in [2.05, 4.69) is 4.90 Å². The van der Waals surface area contributed by atoms with Gasteiger partial charge in [-0.3, -0.25) is 4.79 Å². The number of halogens is 3. The lowest BCUT2D eigenvalue weighted by Crippen LogP contribution is -2.44. The van der Waals surface area contributed by atoms with E-state index < -0.39 is 17.3 Å². The summed E-state index contributed by atoms with van der Waals surface area (Å²) in [5.74, 6) is -1.10. The molecule has 1 aliphatic rings. The highest BCUT2D eigenvalue weighted by molar-refractivity contribution is 6.37. The molecular formula is C20H21Cl2FN2O2. The van der Waals surface area contributed by atoms with E-state index in [0.717, 1.165) is 19.2 Å². The Labute approximate surface area is 168 Å². The molecule has 0 fully saturated rings. The van der Waals surface area contributed by atoms with Crippen LogP contribution in [0.5, 0.6) is 0 Å². The van der Waals surface area contributed by atoms with Crippen molar-refractivity contribution in [1.29, 1.82) is 0 Å². The molecule has 0 aromatic heterocycles. The van der Waals surface area contributed by atoms with Gasteiger partial charge in [0.05, 0.1) is 10.7 Å². The minimum absolute atomic E-state index is 0.142. The molecule has 2 aromatic carbocycles. The monoisotopic (exact) mass is 410 g/mol. The maximum absolute atomic E-state index is 13.8. The number of nitrogens with zero attached hydrogens (tertiary/aromatic N) is 2. The number of aliphatic hydroxyl groups is 1. The van der Waals surface area contributed by atoms with Gasteiger partial charge in [-0.2, -0.15) is 0 Å². The van der Waals surface area contributed by atoms with Crippen molar-refractivity contribution in [2.75, 3.05) is 31.1 Å². The normalized spacial score (nSPS) is 19.1. The van der Waals surface area contributed by atoms with Gasteiger partial charge in [-0.05, 0) is 37.4 Å². The third-order valence-electron chi connectivity index (χ3n) is 5.02. The Morgan fingerprint density at radius 2 is 1.89 bits per heavy atom. The van der Waals surface area contributed by atoms with E-state index in [1.165, 1.54) is 29.2 Å². The number of fused-ring (bicyclic) bond motifs is 1. The fourth-order valence-electron chi connectivity index (χ4n) is 3.53. The van der Waals surface area contributed by atoms with Crippen LogP contribution in [0.15, 0.2) is 36.4 Å². The van der Waals surface area contributed by atoms with Gasteiger partial charge in [-0.15, -0.1) is 0 Å². The molecule has 4 nitrogen and oxygen atoms in total. The second-order valence-electron chi connectivity index (χ2n) is 6.49. The number of carbonyl (C=O) groups is 1. The molecule has 1 atom stereocenters. The van der Waals surface area contributed by atoms with E-state index in [9.17, 15) is 14.3 Å². The Morgan fingerprint density at radius 3 is 2.52 bits per heavy atom. The van der Waals surface area contributed by atoms with Gasteiger partial charge in [-0.1, -0.05) is 49.2 Å². The van der Waals surface area contributed by atoms with Gasteiger partial charge in [-0.25, -0.2) is 4.39 Å². The molecule has 1 heterocycles. The number of amides is 1. The van der Waals surface area contributed by atoms with Crippen LogP contribution in [-0.2, 0) is 10.4 Å². The van der Waals surface area contributed by atoms with Crippen molar-refractivity contribution in [1.82, 2.24) is 4.90 Å². The molecule has 1 amide bonds. The summed E-state index contributed by atoms with van der Waals surface area (Å²) < 4.78 is 13.8. The van der Waals surface area contributed by atoms with Crippen molar-refractivity contribution in [3.8, 4) is 0 Å². The van der Waals surface area contributed by atoms with E-state index in [1.807, 2.05) is 13.8 Å². The van der Waals surface area contributed by atoms with Crippen LogP contribution in [0.1, 0.15) is 25.0 Å². The summed E-state index contributed by atoms with van der Waals surface area (Å²) in [4.78, 5) is 16.9. The lowest BCUT2D eigenvalue weighted by Gasteiger charge is -2.26. The molecule has 0 saturated carbocycles. The first-order chi connectivity index (χ1) is 12.8. The second kappa shape index (κ2) is 7.76. The Bertz CT molecular complexity index is 873. The van der Waals surface area contributed by atoms with Crippen LogP contribution in [0.3, 0.4) is 0 Å². The Morgan fingerprint density at radius 1 is 1.19 bits per heavy atom. The number of hydrogen-bond acceptors (Lipinski definition) is 3. The lowest BCUT2D eigenvalue weighted by atomic mass is 9.87. The third-order valence-corrected chi connectivity index (χ3v) is 5.53. The lowest BCUT2D eigenvalue weighted by molar-refractivity contribution is -0.132. The van der Waals surface area contributed by atoms with E-state index in [1.54, 1.807) is 6.07 Å². The molecule has 27 heavy (non-hydrogen) atoms. The van der Waals surface area contributed by atoms with Crippen LogP contribution in [0, 0.1) is 5.82 Å². The predicted molar refractivity (Wildman–Crippen MR) is 106 cm³/mol. The largest absolute Gasteiger partial charge is 0.372 e. The van der Waals surface area contributed by atoms with Gasteiger partial charge in [0, 0.05) is 29.2 Å². The molecule has 1 N–H and O–H groups in total. The summed E-state index contributed by atoms with van der Waals surface area (Å²) in [7, 11) is 0. The van der Waals surface area contributed by atoms with Crippen molar-refractivity contribution < 1.29 is 14.3 Å². The maximum atomic E-state index is 13.8. The Balaban J connectivity index is 2.11. The number of carbonyl (C=O) groups excluding carboxylic acids is 1. The molecule has 0 bridgehead atoms. The zero-order valence-corrected chi connectivity index (χ0v) is 16.7. The number of rotatable bonds is 6. The quantitative estimate of drug-likeness (QED) is 0.780. The average molecular weight is 411 g/mol. The van der Waals surface area contributed by atoms with Gasteiger partial charge < -0.3 is 14.9 Å².